The number of nitrogens with one attached hydrogen (secondary N) is 1. The average Bonchev–Trinajstić information content (AvgIpc) is 2.18. The predicted molar refractivity (Wildman–Crippen MR) is 55.9 cm³/mol. The van der Waals surface area contributed by atoms with Crippen molar-refractivity contribution in [1.82, 2.24) is 10.3 Å². The molecule has 1 atom stereocenters. The summed E-state index contributed by atoms with van der Waals surface area (Å²) in [7, 11) is 0. The maximum Gasteiger partial charge on any atom is 0.0889 e. The van der Waals surface area contributed by atoms with Crippen LogP contribution in [-0.2, 0) is 0 Å². The van der Waals surface area contributed by atoms with Crippen molar-refractivity contribution in [2.24, 2.45) is 5.73 Å². The van der Waals surface area contributed by atoms with Gasteiger partial charge in [0.15, 0.2) is 0 Å². The summed E-state index contributed by atoms with van der Waals surface area (Å²) in [5, 5.41) is 3.14. The second-order valence-corrected chi connectivity index (χ2v) is 3.16. The smallest absolute Gasteiger partial charge is 0.0889 e. The van der Waals surface area contributed by atoms with E-state index in [2.05, 4.69) is 10.3 Å². The summed E-state index contributed by atoms with van der Waals surface area (Å²) in [4.78, 5) is 4.22. The minimum atomic E-state index is 0.0171. The molecule has 0 spiro atoms. The van der Waals surface area contributed by atoms with E-state index >= 15 is 0 Å². The van der Waals surface area contributed by atoms with Crippen LogP contribution in [0.1, 0.15) is 11.7 Å². The van der Waals surface area contributed by atoms with Crippen molar-refractivity contribution >= 4 is 5.69 Å². The zero-order valence-corrected chi connectivity index (χ0v) is 7.64. The third-order valence-electron chi connectivity index (χ3n) is 2.03. The quantitative estimate of drug-likeness (QED) is 0.605. The third kappa shape index (κ3) is 1.69. The fraction of sp³-hybridized carbons (Fsp3) is 0.100. The molecule has 0 fully saturated rings. The lowest BCUT2D eigenvalue weighted by Gasteiger charge is -2.17. The van der Waals surface area contributed by atoms with E-state index in [9.17, 15) is 0 Å². The van der Waals surface area contributed by atoms with Gasteiger partial charge in [-0.2, -0.15) is 0 Å². The fourth-order valence-electron chi connectivity index (χ4n) is 1.35. The molecule has 4 nitrogen and oxygen atoms in total. The Hall–Kier alpha value is -1.97. The number of nitrogens with two attached hydrogens (primary N) is 2. The van der Waals surface area contributed by atoms with E-state index in [1.165, 1.54) is 0 Å². The molecule has 0 amide bonds. The van der Waals surface area contributed by atoms with Crippen LogP contribution in [-0.4, -0.2) is 4.98 Å². The number of allylic oxidation sites excluding steroid dienone is 1. The Kier molecular flexibility index (Phi) is 2.10. The highest BCUT2D eigenvalue weighted by atomic mass is 14.9. The predicted octanol–water partition coefficient (Wildman–Crippen LogP) is 0.664. The zero-order chi connectivity index (χ0) is 9.97. The van der Waals surface area contributed by atoms with Crippen LogP contribution < -0.4 is 16.8 Å². The lowest BCUT2D eigenvalue weighted by Crippen LogP contribution is -2.19. The molecule has 1 aromatic rings. The first-order valence-corrected chi connectivity index (χ1v) is 4.37. The van der Waals surface area contributed by atoms with E-state index in [1.807, 2.05) is 24.4 Å². The number of nitrogen functional groups attached to an aromatic ring is 1. The van der Waals surface area contributed by atoms with Gasteiger partial charge >= 0.3 is 0 Å². The van der Waals surface area contributed by atoms with E-state index in [-0.39, 0.29) is 6.04 Å². The minimum absolute atomic E-state index is 0.0171. The molecule has 0 saturated heterocycles. The number of anilines is 1. The lowest BCUT2D eigenvalue weighted by molar-refractivity contribution is 0.713. The minimum Gasteiger partial charge on any atom is -0.399 e. The molecule has 2 heterocycles. The van der Waals surface area contributed by atoms with Crippen molar-refractivity contribution in [1.29, 1.82) is 0 Å². The standard InChI is InChI=1S/C10H12N4/c11-7-1-3-13-9(5-7)10-6-8(12)2-4-14-10/h1-6,9,13H,11H2,(H2,12,14). The van der Waals surface area contributed by atoms with Crippen molar-refractivity contribution in [3.63, 3.8) is 0 Å². The Bertz CT molecular complexity index is 395. The van der Waals surface area contributed by atoms with Gasteiger partial charge in [0.1, 0.15) is 0 Å². The highest BCUT2D eigenvalue weighted by Crippen LogP contribution is 2.17. The van der Waals surface area contributed by atoms with Crippen molar-refractivity contribution in [2.45, 2.75) is 6.04 Å². The molecule has 0 aromatic carbocycles. The first kappa shape index (κ1) is 8.62. The first-order valence-electron chi connectivity index (χ1n) is 4.37. The summed E-state index contributed by atoms with van der Waals surface area (Å²) >= 11 is 0. The highest BCUT2D eigenvalue weighted by Gasteiger charge is 2.10. The van der Waals surface area contributed by atoms with Gasteiger partial charge in [-0.1, -0.05) is 0 Å². The monoisotopic (exact) mass is 188 g/mol. The number of aromatic nitrogens is 1. The van der Waals surface area contributed by atoms with E-state index in [1.54, 1.807) is 12.3 Å². The maximum absolute atomic E-state index is 5.68. The van der Waals surface area contributed by atoms with E-state index in [4.69, 9.17) is 11.5 Å². The lowest BCUT2D eigenvalue weighted by atomic mass is 10.1. The number of dihydropyridines is 1. The molecule has 14 heavy (non-hydrogen) atoms. The normalized spacial score (nSPS) is 20.0. The van der Waals surface area contributed by atoms with Gasteiger partial charge in [-0.3, -0.25) is 4.98 Å². The zero-order valence-electron chi connectivity index (χ0n) is 7.64. The summed E-state index contributed by atoms with van der Waals surface area (Å²) in [6.07, 6.45) is 7.21. The van der Waals surface area contributed by atoms with E-state index in [0.29, 0.717) is 5.69 Å². The SMILES string of the molecule is NC1=CC(c2cc(N)ccn2)NC=C1. The first-order chi connectivity index (χ1) is 6.75. The van der Waals surface area contributed by atoms with Crippen molar-refractivity contribution < 1.29 is 0 Å². The van der Waals surface area contributed by atoms with Crippen LogP contribution in [0.5, 0.6) is 0 Å². The van der Waals surface area contributed by atoms with E-state index < -0.39 is 0 Å². The van der Waals surface area contributed by atoms with E-state index in [0.717, 1.165) is 11.4 Å². The van der Waals surface area contributed by atoms with Crippen LogP contribution in [0, 0.1) is 0 Å². The van der Waals surface area contributed by atoms with Gasteiger partial charge in [0, 0.05) is 17.6 Å². The molecule has 4 heteroatoms. The number of hydrogen-bond donors (Lipinski definition) is 3. The van der Waals surface area contributed by atoms with Crippen molar-refractivity contribution in [2.75, 3.05) is 5.73 Å². The summed E-state index contributed by atoms with van der Waals surface area (Å²) in [5.74, 6) is 0. The second kappa shape index (κ2) is 3.41. The van der Waals surface area contributed by atoms with Gasteiger partial charge in [-0.25, -0.2) is 0 Å². The second-order valence-electron chi connectivity index (χ2n) is 3.16. The molecular formula is C10H12N4. The molecule has 72 valence electrons. The summed E-state index contributed by atoms with van der Waals surface area (Å²) in [6, 6.07) is 3.61. The molecular weight excluding hydrogens is 176 g/mol. The van der Waals surface area contributed by atoms with Gasteiger partial charge < -0.3 is 16.8 Å². The molecule has 0 radical (unpaired) electrons. The average molecular weight is 188 g/mol. The molecule has 1 aromatic heterocycles. The number of nitrogens with zero attached hydrogens (tertiary/aromatic N) is 1. The fourth-order valence-corrected chi connectivity index (χ4v) is 1.35. The van der Waals surface area contributed by atoms with Crippen LogP contribution in [0.2, 0.25) is 0 Å². The van der Waals surface area contributed by atoms with Crippen LogP contribution in [0.4, 0.5) is 5.69 Å². The Morgan fingerprint density at radius 2 is 2.21 bits per heavy atom. The molecule has 2 rings (SSSR count). The molecule has 0 bridgehead atoms. The number of pyridine rings is 1. The van der Waals surface area contributed by atoms with Gasteiger partial charge in [0.25, 0.3) is 0 Å². The van der Waals surface area contributed by atoms with Crippen LogP contribution >= 0.6 is 0 Å². The molecule has 1 unspecified atom stereocenters. The van der Waals surface area contributed by atoms with Gasteiger partial charge in [-0.15, -0.1) is 0 Å². The Labute approximate surface area is 82.3 Å². The molecule has 1 aliphatic heterocycles. The third-order valence-corrected chi connectivity index (χ3v) is 2.03. The van der Waals surface area contributed by atoms with Crippen molar-refractivity contribution in [3.05, 3.63) is 48.1 Å². The van der Waals surface area contributed by atoms with Crippen LogP contribution in [0.15, 0.2) is 42.4 Å². The van der Waals surface area contributed by atoms with Crippen LogP contribution in [0.3, 0.4) is 0 Å². The Morgan fingerprint density at radius 1 is 1.36 bits per heavy atom. The Morgan fingerprint density at radius 3 is 2.93 bits per heavy atom. The topological polar surface area (TPSA) is 77.0 Å². The van der Waals surface area contributed by atoms with Crippen LogP contribution in [0.25, 0.3) is 0 Å². The van der Waals surface area contributed by atoms with Gasteiger partial charge in [0.2, 0.25) is 0 Å². The highest BCUT2D eigenvalue weighted by molar-refractivity contribution is 5.40. The summed E-state index contributed by atoms with van der Waals surface area (Å²) in [6.45, 7) is 0. The largest absolute Gasteiger partial charge is 0.399 e. The molecule has 1 aliphatic rings. The number of rotatable bonds is 1. The Balaban J connectivity index is 2.28. The number of hydrogen-bond acceptors (Lipinski definition) is 4. The maximum atomic E-state index is 5.68. The molecule has 0 aliphatic carbocycles. The molecule has 0 saturated carbocycles. The molecule has 5 N–H and O–H groups in total. The van der Waals surface area contributed by atoms with Gasteiger partial charge in [0.05, 0.1) is 11.7 Å². The van der Waals surface area contributed by atoms with Crippen molar-refractivity contribution in [3.8, 4) is 0 Å². The van der Waals surface area contributed by atoms with Gasteiger partial charge in [-0.05, 0) is 30.5 Å². The summed E-state index contributed by atoms with van der Waals surface area (Å²) in [5.41, 5.74) is 13.7. The summed E-state index contributed by atoms with van der Waals surface area (Å²) < 4.78 is 0.